The second-order valence-electron chi connectivity index (χ2n) is 5.16. The Morgan fingerprint density at radius 1 is 1.04 bits per heavy atom. The number of carboxylic acid groups (broad SMARTS) is 1. The summed E-state index contributed by atoms with van der Waals surface area (Å²) in [7, 11) is 0. The van der Waals surface area contributed by atoms with Crippen LogP contribution in [0, 0.1) is 0 Å². The first-order valence-corrected chi connectivity index (χ1v) is 8.33. The highest BCUT2D eigenvalue weighted by Gasteiger charge is 2.10. The van der Waals surface area contributed by atoms with E-state index in [1.807, 2.05) is 53.9 Å². The number of rotatable bonds is 4. The number of anilines is 1. The molecular formula is C19H14N2O3S. The first kappa shape index (κ1) is 16.6. The van der Waals surface area contributed by atoms with E-state index in [9.17, 15) is 9.59 Å². The zero-order valence-corrected chi connectivity index (χ0v) is 13.9. The lowest BCUT2D eigenvalue weighted by molar-refractivity contribution is -0.147. The zero-order chi connectivity index (χ0) is 17.6. The van der Waals surface area contributed by atoms with Crippen LogP contribution in [-0.4, -0.2) is 22.0 Å². The van der Waals surface area contributed by atoms with E-state index in [0.717, 1.165) is 21.8 Å². The van der Waals surface area contributed by atoms with Crippen molar-refractivity contribution in [2.75, 3.05) is 5.32 Å². The van der Waals surface area contributed by atoms with Crippen molar-refractivity contribution in [2.24, 2.45) is 0 Å². The minimum atomic E-state index is -1.52. The zero-order valence-electron chi connectivity index (χ0n) is 13.0. The molecule has 2 N–H and O–H groups in total. The molecule has 0 aliphatic heterocycles. The van der Waals surface area contributed by atoms with Crippen molar-refractivity contribution < 1.29 is 14.7 Å². The summed E-state index contributed by atoms with van der Waals surface area (Å²) in [6, 6.07) is 16.9. The van der Waals surface area contributed by atoms with Crippen LogP contribution in [0.25, 0.3) is 23.4 Å². The Kier molecular flexibility index (Phi) is 5.01. The van der Waals surface area contributed by atoms with Crippen LogP contribution in [-0.2, 0) is 9.59 Å². The predicted molar refractivity (Wildman–Crippen MR) is 99.2 cm³/mol. The molecular weight excluding hydrogens is 336 g/mol. The highest BCUT2D eigenvalue weighted by Crippen LogP contribution is 2.23. The predicted octanol–water partition coefficient (Wildman–Crippen LogP) is 4.00. The van der Waals surface area contributed by atoms with E-state index < -0.39 is 11.9 Å². The Bertz CT molecular complexity index is 933. The lowest BCUT2D eigenvalue weighted by Crippen LogP contribution is -2.21. The molecule has 124 valence electrons. The van der Waals surface area contributed by atoms with Crippen molar-refractivity contribution in [2.45, 2.75) is 0 Å². The summed E-state index contributed by atoms with van der Waals surface area (Å²) < 4.78 is 0. The Balaban J connectivity index is 1.73. The van der Waals surface area contributed by atoms with Crippen LogP contribution in [0.1, 0.15) is 10.6 Å². The molecule has 0 fully saturated rings. The molecule has 5 nitrogen and oxygen atoms in total. The first-order valence-electron chi connectivity index (χ1n) is 7.45. The molecule has 0 bridgehead atoms. The number of aromatic nitrogens is 1. The molecule has 0 aliphatic carbocycles. The van der Waals surface area contributed by atoms with Gasteiger partial charge in [-0.25, -0.2) is 9.78 Å². The monoisotopic (exact) mass is 350 g/mol. The molecule has 25 heavy (non-hydrogen) atoms. The van der Waals surface area contributed by atoms with Gasteiger partial charge in [0.2, 0.25) is 0 Å². The minimum Gasteiger partial charge on any atom is -0.474 e. The molecule has 1 heterocycles. The third-order valence-electron chi connectivity index (χ3n) is 3.35. The van der Waals surface area contributed by atoms with Crippen LogP contribution < -0.4 is 5.32 Å². The van der Waals surface area contributed by atoms with Crippen LogP contribution in [0.3, 0.4) is 0 Å². The largest absolute Gasteiger partial charge is 0.474 e. The average Bonchev–Trinajstić information content (AvgIpc) is 3.10. The van der Waals surface area contributed by atoms with Gasteiger partial charge in [-0.05, 0) is 23.8 Å². The van der Waals surface area contributed by atoms with Gasteiger partial charge in [-0.2, -0.15) is 0 Å². The van der Waals surface area contributed by atoms with Gasteiger partial charge in [-0.1, -0.05) is 48.5 Å². The number of hydrogen-bond donors (Lipinski definition) is 2. The second kappa shape index (κ2) is 7.55. The van der Waals surface area contributed by atoms with E-state index in [1.165, 1.54) is 11.3 Å². The van der Waals surface area contributed by atoms with Gasteiger partial charge in [0.1, 0.15) is 5.01 Å². The maximum atomic E-state index is 11.2. The van der Waals surface area contributed by atoms with Crippen molar-refractivity contribution >= 4 is 41.1 Å². The van der Waals surface area contributed by atoms with Crippen molar-refractivity contribution in [1.29, 1.82) is 0 Å². The minimum absolute atomic E-state index is 0.429. The lowest BCUT2D eigenvalue weighted by Gasteiger charge is -2.02. The summed E-state index contributed by atoms with van der Waals surface area (Å²) in [4.78, 5) is 26.4. The smallest absolute Gasteiger partial charge is 0.394 e. The molecule has 0 spiro atoms. The summed E-state index contributed by atoms with van der Waals surface area (Å²) in [6.45, 7) is 0. The average molecular weight is 350 g/mol. The molecule has 1 aromatic heterocycles. The fourth-order valence-corrected chi connectivity index (χ4v) is 2.90. The van der Waals surface area contributed by atoms with Crippen LogP contribution >= 0.6 is 11.3 Å². The van der Waals surface area contributed by atoms with E-state index in [1.54, 1.807) is 18.2 Å². The number of carboxylic acids is 1. The molecule has 0 unspecified atom stereocenters. The van der Waals surface area contributed by atoms with Gasteiger partial charge >= 0.3 is 11.9 Å². The van der Waals surface area contributed by atoms with E-state index >= 15 is 0 Å². The van der Waals surface area contributed by atoms with Crippen LogP contribution in [0.2, 0.25) is 0 Å². The molecule has 1 amide bonds. The van der Waals surface area contributed by atoms with Gasteiger partial charge in [-0.15, -0.1) is 11.3 Å². The Morgan fingerprint density at radius 3 is 2.60 bits per heavy atom. The maximum Gasteiger partial charge on any atom is 0.394 e. The molecule has 0 saturated heterocycles. The normalized spacial score (nSPS) is 10.7. The number of amides is 1. The number of carbonyl (C=O) groups excluding carboxylic acids is 1. The van der Waals surface area contributed by atoms with Crippen LogP contribution in [0.15, 0.2) is 60.0 Å². The van der Waals surface area contributed by atoms with Crippen molar-refractivity contribution in [3.63, 3.8) is 0 Å². The Morgan fingerprint density at radius 2 is 1.84 bits per heavy atom. The third-order valence-corrected chi connectivity index (χ3v) is 4.16. The molecule has 6 heteroatoms. The van der Waals surface area contributed by atoms with Crippen LogP contribution in [0.4, 0.5) is 5.69 Å². The van der Waals surface area contributed by atoms with Gasteiger partial charge in [0.15, 0.2) is 0 Å². The summed E-state index contributed by atoms with van der Waals surface area (Å²) in [6.07, 6.45) is 3.75. The lowest BCUT2D eigenvalue weighted by atomic mass is 10.2. The number of thiazole rings is 1. The maximum absolute atomic E-state index is 11.2. The fraction of sp³-hybridized carbons (Fsp3) is 0. The summed E-state index contributed by atoms with van der Waals surface area (Å²) in [5.74, 6) is -2.58. The van der Waals surface area contributed by atoms with Gasteiger partial charge in [-0.3, -0.25) is 4.79 Å². The fourth-order valence-electron chi connectivity index (χ4n) is 2.18. The van der Waals surface area contributed by atoms with Crippen molar-refractivity contribution in [1.82, 2.24) is 4.98 Å². The summed E-state index contributed by atoms with van der Waals surface area (Å²) >= 11 is 1.54. The Hall–Kier alpha value is -3.25. The standard InChI is InChI=1S/C19H14N2O3S/c22-18(19(23)24)20-15-8-4-5-13(11-15)9-10-17-21-16(12-25-17)14-6-2-1-3-7-14/h1-12H,(H,20,22)(H,23,24). The SMILES string of the molecule is O=C(O)C(=O)Nc1cccc(C=Cc2nc(-c3ccccc3)cs2)c1. The molecule has 0 radical (unpaired) electrons. The van der Waals surface area contributed by atoms with Gasteiger partial charge in [0, 0.05) is 16.6 Å². The number of carbonyl (C=O) groups is 2. The molecule has 3 aromatic rings. The summed E-state index contributed by atoms with van der Waals surface area (Å²) in [5, 5.41) is 13.8. The number of nitrogens with zero attached hydrogens (tertiary/aromatic N) is 1. The first-order chi connectivity index (χ1) is 12.1. The van der Waals surface area contributed by atoms with E-state index in [4.69, 9.17) is 5.11 Å². The van der Waals surface area contributed by atoms with E-state index in [0.29, 0.717) is 5.69 Å². The number of benzene rings is 2. The molecule has 2 aromatic carbocycles. The highest BCUT2D eigenvalue weighted by atomic mass is 32.1. The van der Waals surface area contributed by atoms with E-state index in [2.05, 4.69) is 10.3 Å². The van der Waals surface area contributed by atoms with Gasteiger partial charge in [0.05, 0.1) is 5.69 Å². The Labute approximate surface area is 148 Å². The number of hydrogen-bond acceptors (Lipinski definition) is 4. The number of aliphatic carboxylic acids is 1. The molecule has 0 saturated carbocycles. The van der Waals surface area contributed by atoms with Crippen molar-refractivity contribution in [3.05, 3.63) is 70.5 Å². The summed E-state index contributed by atoms with van der Waals surface area (Å²) in [5.41, 5.74) is 3.25. The molecule has 0 aliphatic rings. The second-order valence-corrected chi connectivity index (χ2v) is 6.04. The van der Waals surface area contributed by atoms with Crippen LogP contribution in [0.5, 0.6) is 0 Å². The highest BCUT2D eigenvalue weighted by molar-refractivity contribution is 7.10. The quantitative estimate of drug-likeness (QED) is 0.697. The molecule has 0 atom stereocenters. The van der Waals surface area contributed by atoms with Gasteiger partial charge in [0.25, 0.3) is 0 Å². The van der Waals surface area contributed by atoms with Gasteiger partial charge < -0.3 is 10.4 Å². The van der Waals surface area contributed by atoms with Crippen molar-refractivity contribution in [3.8, 4) is 11.3 Å². The van der Waals surface area contributed by atoms with E-state index in [-0.39, 0.29) is 0 Å². The third kappa shape index (κ3) is 4.39. The topological polar surface area (TPSA) is 79.3 Å². The number of nitrogens with one attached hydrogen (secondary N) is 1. The molecule has 3 rings (SSSR count).